The lowest BCUT2D eigenvalue weighted by Crippen LogP contribution is -2.39. The number of carbonyl (C=O) groups excluding carboxylic acids is 2. The van der Waals surface area contributed by atoms with Crippen LogP contribution in [0.4, 0.5) is 4.39 Å². The van der Waals surface area contributed by atoms with Gasteiger partial charge in [0, 0.05) is 48.2 Å². The van der Waals surface area contributed by atoms with Crippen LogP contribution in [0.25, 0.3) is 38.6 Å². The van der Waals surface area contributed by atoms with Crippen LogP contribution in [0.2, 0.25) is 5.02 Å². The number of nitrogens with zero attached hydrogens (tertiary/aromatic N) is 4. The number of aromatic amines is 1. The van der Waals surface area contributed by atoms with Crippen molar-refractivity contribution in [3.63, 3.8) is 0 Å². The van der Waals surface area contributed by atoms with Crippen molar-refractivity contribution in [2.75, 3.05) is 20.1 Å². The lowest BCUT2D eigenvalue weighted by Gasteiger charge is -2.33. The molecule has 11 heteroatoms. The van der Waals surface area contributed by atoms with Crippen molar-refractivity contribution in [2.45, 2.75) is 52.4 Å². The van der Waals surface area contributed by atoms with Crippen LogP contribution in [0.1, 0.15) is 71.3 Å². The zero-order chi connectivity index (χ0) is 33.7. The van der Waals surface area contributed by atoms with Crippen LogP contribution in [0, 0.1) is 19.7 Å². The van der Waals surface area contributed by atoms with Crippen LogP contribution < -0.4 is 10.9 Å². The zero-order valence-electron chi connectivity index (χ0n) is 27.0. The number of aryl methyl sites for hydroxylation is 2. The van der Waals surface area contributed by atoms with E-state index in [-0.39, 0.29) is 39.4 Å². The maximum atomic E-state index is 17.7. The molecule has 0 unspecified atom stereocenters. The van der Waals surface area contributed by atoms with Crippen molar-refractivity contribution >= 4 is 45.2 Å². The largest absolute Gasteiger partial charge is 0.355 e. The van der Waals surface area contributed by atoms with E-state index in [0.717, 1.165) is 5.56 Å². The van der Waals surface area contributed by atoms with Crippen LogP contribution in [-0.4, -0.2) is 56.6 Å². The van der Waals surface area contributed by atoms with E-state index in [1.807, 2.05) is 39.8 Å². The Kier molecular flexibility index (Phi) is 8.48. The van der Waals surface area contributed by atoms with Gasteiger partial charge in [0.15, 0.2) is 5.82 Å². The third-order valence-electron chi connectivity index (χ3n) is 9.24. The molecule has 2 aromatic carbocycles. The number of amides is 2. The molecular weight excluding hydrogens is 619 g/mol. The predicted molar refractivity (Wildman–Crippen MR) is 183 cm³/mol. The van der Waals surface area contributed by atoms with Gasteiger partial charge in [0.05, 0.1) is 33.6 Å². The maximum Gasteiger partial charge on any atom is 0.268 e. The number of hydrogen-bond donors (Lipinski definition) is 2. The van der Waals surface area contributed by atoms with Crippen molar-refractivity contribution in [2.24, 2.45) is 0 Å². The molecule has 0 saturated carbocycles. The van der Waals surface area contributed by atoms with Crippen LogP contribution in [0.3, 0.4) is 0 Å². The third kappa shape index (κ3) is 5.20. The molecule has 0 aliphatic carbocycles. The average Bonchev–Trinajstić information content (AvgIpc) is 3.54. The third-order valence-corrected chi connectivity index (χ3v) is 9.54. The number of carbonyl (C=O) groups is 2. The minimum absolute atomic E-state index is 0.0135. The number of likely N-dealkylation sites (tertiary alicyclic amines) is 1. The second kappa shape index (κ2) is 12.4. The van der Waals surface area contributed by atoms with E-state index in [4.69, 9.17) is 11.6 Å². The Bertz CT molecular complexity index is 2160. The highest BCUT2D eigenvalue weighted by molar-refractivity contribution is 6.35. The fourth-order valence-corrected chi connectivity index (χ4v) is 7.25. The van der Waals surface area contributed by atoms with Gasteiger partial charge in [0.25, 0.3) is 11.5 Å². The highest BCUT2D eigenvalue weighted by atomic mass is 35.5. The number of fused-ring (bicyclic) bond motifs is 2. The minimum Gasteiger partial charge on any atom is -0.355 e. The molecule has 4 heterocycles. The van der Waals surface area contributed by atoms with E-state index in [2.05, 4.69) is 27.1 Å². The van der Waals surface area contributed by atoms with Crippen LogP contribution in [-0.2, 0) is 4.79 Å². The smallest absolute Gasteiger partial charge is 0.268 e. The van der Waals surface area contributed by atoms with Crippen molar-refractivity contribution in [3.05, 3.63) is 98.5 Å². The molecular formula is C36H36ClFN6O3. The Balaban J connectivity index is 1.79. The number of halogens is 2. The summed E-state index contributed by atoms with van der Waals surface area (Å²) in [6.07, 6.45) is 5.48. The maximum absolute atomic E-state index is 17.7. The van der Waals surface area contributed by atoms with E-state index in [1.54, 1.807) is 29.4 Å². The lowest BCUT2D eigenvalue weighted by molar-refractivity contribution is -0.127. The Morgan fingerprint density at radius 2 is 1.85 bits per heavy atom. The van der Waals surface area contributed by atoms with Gasteiger partial charge in [0.1, 0.15) is 5.56 Å². The molecule has 3 aromatic heterocycles. The molecule has 1 aliphatic heterocycles. The van der Waals surface area contributed by atoms with Crippen molar-refractivity contribution in [1.82, 2.24) is 30.0 Å². The topological polar surface area (TPSA) is 113 Å². The Hall–Kier alpha value is -4.83. The molecule has 0 atom stereocenters. The number of benzene rings is 2. The van der Waals surface area contributed by atoms with Gasteiger partial charge in [-0.1, -0.05) is 38.1 Å². The van der Waals surface area contributed by atoms with Crippen LogP contribution >= 0.6 is 11.6 Å². The summed E-state index contributed by atoms with van der Waals surface area (Å²) in [5.41, 5.74) is 3.58. The standard InChI is InChI=1S/C36H36ClFN6O3/c1-7-26(45)43-14-11-21(12-15-43)28-22-16-24(37)29(27-19(4)8-9-25-23(27)17-41-42-25)31(38)34(22)44(36(47)30(28)35(46)39-6)33-20(5)10-13-40-32(33)18(2)3/h7-10,13,16-18,21H,1,11-12,14-15H2,2-6H3,(H,39,46)(H,41,42). The van der Waals surface area contributed by atoms with Crippen molar-refractivity contribution < 1.29 is 14.0 Å². The van der Waals surface area contributed by atoms with Crippen molar-refractivity contribution in [1.29, 1.82) is 0 Å². The summed E-state index contributed by atoms with van der Waals surface area (Å²) in [4.78, 5) is 47.3. The Morgan fingerprint density at radius 1 is 1.13 bits per heavy atom. The molecule has 47 heavy (non-hydrogen) atoms. The summed E-state index contributed by atoms with van der Waals surface area (Å²) in [6, 6.07) is 7.18. The molecule has 1 aliphatic rings. The van der Waals surface area contributed by atoms with Gasteiger partial charge in [-0.25, -0.2) is 4.39 Å². The Labute approximate surface area is 276 Å². The Morgan fingerprint density at radius 3 is 2.51 bits per heavy atom. The summed E-state index contributed by atoms with van der Waals surface area (Å²) in [7, 11) is 1.46. The van der Waals surface area contributed by atoms with E-state index >= 15 is 4.39 Å². The number of H-pyrrole nitrogens is 1. The van der Waals surface area contributed by atoms with E-state index in [0.29, 0.717) is 70.3 Å². The highest BCUT2D eigenvalue weighted by Crippen LogP contribution is 2.44. The molecule has 6 rings (SSSR count). The predicted octanol–water partition coefficient (Wildman–Crippen LogP) is 6.71. The van der Waals surface area contributed by atoms with Gasteiger partial charge in [-0.05, 0) is 79.5 Å². The number of hydrogen-bond acceptors (Lipinski definition) is 5. The number of piperidine rings is 1. The van der Waals surface area contributed by atoms with Crippen LogP contribution in [0.5, 0.6) is 0 Å². The van der Waals surface area contributed by atoms with Gasteiger partial charge in [0.2, 0.25) is 5.91 Å². The summed E-state index contributed by atoms with van der Waals surface area (Å²) in [6.45, 7) is 12.0. The normalized spacial score (nSPS) is 13.9. The molecule has 5 aromatic rings. The number of nitrogens with one attached hydrogen (secondary N) is 2. The summed E-state index contributed by atoms with van der Waals surface area (Å²) < 4.78 is 19.1. The molecule has 1 fully saturated rings. The van der Waals surface area contributed by atoms with E-state index in [9.17, 15) is 14.4 Å². The van der Waals surface area contributed by atoms with Gasteiger partial charge >= 0.3 is 0 Å². The SMILES string of the molecule is C=CC(=O)N1CCC(c2c(C(=O)NC)c(=O)n(-c3c(C)ccnc3C(C)C)c3c(F)c(-c4c(C)ccc5[nH]ncc45)c(Cl)cc23)CC1. The van der Waals surface area contributed by atoms with E-state index < -0.39 is 17.3 Å². The molecule has 0 spiro atoms. The zero-order valence-corrected chi connectivity index (χ0v) is 27.8. The molecule has 0 bridgehead atoms. The fourth-order valence-electron chi connectivity index (χ4n) is 6.97. The first-order chi connectivity index (χ1) is 22.5. The number of pyridine rings is 2. The molecule has 242 valence electrons. The average molecular weight is 655 g/mol. The molecule has 0 radical (unpaired) electrons. The first-order valence-electron chi connectivity index (χ1n) is 15.6. The second-order valence-corrected chi connectivity index (χ2v) is 12.8. The molecule has 2 N–H and O–H groups in total. The summed E-state index contributed by atoms with van der Waals surface area (Å²) >= 11 is 7.06. The summed E-state index contributed by atoms with van der Waals surface area (Å²) in [5, 5.41) is 10.9. The minimum atomic E-state index is -0.691. The first kappa shape index (κ1) is 32.1. The van der Waals surface area contributed by atoms with Gasteiger partial charge in [-0.2, -0.15) is 5.10 Å². The fraction of sp³-hybridized carbons (Fsp3) is 0.306. The lowest BCUT2D eigenvalue weighted by atomic mass is 9.83. The van der Waals surface area contributed by atoms with Crippen LogP contribution in [0.15, 0.2) is 54.1 Å². The van der Waals surface area contributed by atoms with Crippen molar-refractivity contribution in [3.8, 4) is 16.8 Å². The number of rotatable bonds is 6. The van der Waals surface area contributed by atoms with Gasteiger partial charge in [-0.15, -0.1) is 0 Å². The van der Waals surface area contributed by atoms with Gasteiger partial charge < -0.3 is 10.2 Å². The quantitative estimate of drug-likeness (QED) is 0.198. The first-order valence-corrected chi connectivity index (χ1v) is 16.0. The molecule has 9 nitrogen and oxygen atoms in total. The highest BCUT2D eigenvalue weighted by Gasteiger charge is 2.34. The second-order valence-electron chi connectivity index (χ2n) is 12.4. The van der Waals surface area contributed by atoms with E-state index in [1.165, 1.54) is 17.7 Å². The van der Waals surface area contributed by atoms with Gasteiger partial charge in [-0.3, -0.25) is 29.0 Å². The number of aromatic nitrogens is 4. The summed E-state index contributed by atoms with van der Waals surface area (Å²) in [5.74, 6) is -1.92. The molecule has 1 saturated heterocycles. The molecule has 2 amide bonds. The monoisotopic (exact) mass is 654 g/mol.